The van der Waals surface area contributed by atoms with Gasteiger partial charge in [0.1, 0.15) is 0 Å². The van der Waals surface area contributed by atoms with Crippen molar-refractivity contribution in [2.45, 2.75) is 16.5 Å². The number of aryl methyl sites for hydroxylation is 1. The van der Waals surface area contributed by atoms with Crippen molar-refractivity contribution in [3.8, 4) is 0 Å². The molecule has 1 aromatic heterocycles. The Hall–Kier alpha value is -1.71. The van der Waals surface area contributed by atoms with E-state index in [1.165, 1.54) is 11.8 Å². The first-order valence-corrected chi connectivity index (χ1v) is 9.65. The van der Waals surface area contributed by atoms with Gasteiger partial charge in [-0.05, 0) is 58.1 Å². The molecule has 0 aliphatic rings. The molecule has 1 amide bonds. The molecule has 0 spiro atoms. The summed E-state index contributed by atoms with van der Waals surface area (Å²) in [6.45, 7) is 0. The van der Waals surface area contributed by atoms with Crippen molar-refractivity contribution < 1.29 is 4.79 Å². The molecule has 0 bridgehead atoms. The second-order valence-corrected chi connectivity index (χ2v) is 8.02. The molecule has 0 fully saturated rings. The molecule has 0 atom stereocenters. The molecule has 0 aliphatic heterocycles. The van der Waals surface area contributed by atoms with Gasteiger partial charge in [-0.3, -0.25) is 4.79 Å². The lowest BCUT2D eigenvalue weighted by Crippen LogP contribution is -2.15. The molecular weight excluding hydrogens is 470 g/mol. The van der Waals surface area contributed by atoms with Gasteiger partial charge in [-0.25, -0.2) is 4.68 Å². The van der Waals surface area contributed by atoms with Gasteiger partial charge < -0.3 is 5.32 Å². The zero-order chi connectivity index (χ0) is 17.8. The zero-order valence-corrected chi connectivity index (χ0v) is 17.1. The zero-order valence-electron chi connectivity index (χ0n) is 13.1. The molecular formula is C16H13Br2N5OS. The van der Waals surface area contributed by atoms with Crippen molar-refractivity contribution in [3.63, 3.8) is 0 Å². The maximum Gasteiger partial charge on any atom is 0.228 e. The van der Waals surface area contributed by atoms with E-state index in [9.17, 15) is 4.79 Å². The largest absolute Gasteiger partial charge is 0.325 e. The van der Waals surface area contributed by atoms with E-state index in [2.05, 4.69) is 52.7 Å². The summed E-state index contributed by atoms with van der Waals surface area (Å²) in [6, 6.07) is 13.4. The number of anilines is 1. The van der Waals surface area contributed by atoms with Gasteiger partial charge in [0, 0.05) is 20.9 Å². The third-order valence-corrected chi connectivity index (χ3v) is 5.40. The SMILES string of the molecule is Cn1nnnc1Sc1ccc(Br)cc1NC(=O)Cc1ccc(Br)cc1. The minimum atomic E-state index is -0.0848. The van der Waals surface area contributed by atoms with Crippen molar-refractivity contribution in [2.75, 3.05) is 5.32 Å². The van der Waals surface area contributed by atoms with E-state index in [4.69, 9.17) is 0 Å². The summed E-state index contributed by atoms with van der Waals surface area (Å²) in [5.41, 5.74) is 1.66. The molecule has 3 rings (SSSR count). The summed E-state index contributed by atoms with van der Waals surface area (Å²) in [5.74, 6) is -0.0848. The van der Waals surface area contributed by atoms with Crippen LogP contribution in [0.4, 0.5) is 5.69 Å². The molecule has 1 heterocycles. The highest BCUT2D eigenvalue weighted by Gasteiger charge is 2.12. The van der Waals surface area contributed by atoms with E-state index in [-0.39, 0.29) is 5.91 Å². The van der Waals surface area contributed by atoms with Gasteiger partial charge in [0.15, 0.2) is 0 Å². The molecule has 3 aromatic rings. The van der Waals surface area contributed by atoms with Crippen LogP contribution in [0.25, 0.3) is 0 Å². The van der Waals surface area contributed by atoms with Crippen LogP contribution in [0.5, 0.6) is 0 Å². The second-order valence-electron chi connectivity index (χ2n) is 5.18. The van der Waals surface area contributed by atoms with E-state index in [0.29, 0.717) is 17.3 Å². The van der Waals surface area contributed by atoms with Gasteiger partial charge in [-0.2, -0.15) is 0 Å². The van der Waals surface area contributed by atoms with Gasteiger partial charge in [0.25, 0.3) is 0 Å². The van der Waals surface area contributed by atoms with Crippen LogP contribution in [-0.4, -0.2) is 26.1 Å². The smallest absolute Gasteiger partial charge is 0.228 e. The van der Waals surface area contributed by atoms with Crippen molar-refractivity contribution >= 4 is 55.2 Å². The normalized spacial score (nSPS) is 10.7. The first-order chi connectivity index (χ1) is 12.0. The molecule has 9 heteroatoms. The predicted octanol–water partition coefficient (Wildman–Crippen LogP) is 4.07. The predicted molar refractivity (Wildman–Crippen MR) is 104 cm³/mol. The standard InChI is InChI=1S/C16H13Br2N5OS/c1-23-16(20-21-22-23)25-14-7-6-12(18)9-13(14)19-15(24)8-10-2-4-11(17)5-3-10/h2-7,9H,8H2,1H3,(H,19,24). The molecule has 0 saturated carbocycles. The van der Waals surface area contributed by atoms with Crippen LogP contribution in [0.2, 0.25) is 0 Å². The van der Waals surface area contributed by atoms with Crippen molar-refractivity contribution in [3.05, 3.63) is 57.0 Å². The molecule has 1 N–H and O–H groups in total. The number of hydrogen-bond acceptors (Lipinski definition) is 5. The van der Waals surface area contributed by atoms with Gasteiger partial charge in [0.05, 0.1) is 12.1 Å². The first kappa shape index (κ1) is 18.1. The van der Waals surface area contributed by atoms with Gasteiger partial charge in [-0.15, -0.1) is 5.10 Å². The van der Waals surface area contributed by atoms with Gasteiger partial charge >= 0.3 is 0 Å². The van der Waals surface area contributed by atoms with Gasteiger partial charge in [0.2, 0.25) is 11.1 Å². The number of hydrogen-bond donors (Lipinski definition) is 1. The van der Waals surface area contributed by atoms with Crippen molar-refractivity contribution in [1.82, 2.24) is 20.2 Å². The lowest BCUT2D eigenvalue weighted by atomic mass is 10.1. The summed E-state index contributed by atoms with van der Waals surface area (Å²) in [5, 5.41) is 15.0. The average Bonchev–Trinajstić information content (AvgIpc) is 2.97. The number of tetrazole rings is 1. The Morgan fingerprint density at radius 2 is 1.88 bits per heavy atom. The van der Waals surface area contributed by atoms with Crippen LogP contribution >= 0.6 is 43.6 Å². The third-order valence-electron chi connectivity index (χ3n) is 3.28. The van der Waals surface area contributed by atoms with Crippen LogP contribution in [-0.2, 0) is 18.3 Å². The summed E-state index contributed by atoms with van der Waals surface area (Å²) < 4.78 is 3.45. The Morgan fingerprint density at radius 1 is 1.16 bits per heavy atom. The lowest BCUT2D eigenvalue weighted by molar-refractivity contribution is -0.115. The topological polar surface area (TPSA) is 72.7 Å². The summed E-state index contributed by atoms with van der Waals surface area (Å²) in [7, 11) is 1.77. The minimum absolute atomic E-state index is 0.0848. The molecule has 0 saturated heterocycles. The fraction of sp³-hybridized carbons (Fsp3) is 0.125. The van der Waals surface area contributed by atoms with Gasteiger partial charge in [-0.1, -0.05) is 44.0 Å². The highest BCUT2D eigenvalue weighted by atomic mass is 79.9. The third kappa shape index (κ3) is 4.90. The number of halogens is 2. The van der Waals surface area contributed by atoms with E-state index in [1.54, 1.807) is 11.7 Å². The monoisotopic (exact) mass is 481 g/mol. The molecule has 6 nitrogen and oxygen atoms in total. The van der Waals surface area contributed by atoms with Crippen LogP contribution in [0.15, 0.2) is 61.5 Å². The van der Waals surface area contributed by atoms with Crippen LogP contribution in [0.3, 0.4) is 0 Å². The van der Waals surface area contributed by atoms with E-state index in [1.807, 2.05) is 42.5 Å². The van der Waals surface area contributed by atoms with Crippen molar-refractivity contribution in [2.24, 2.45) is 7.05 Å². The number of aromatic nitrogens is 4. The Morgan fingerprint density at radius 3 is 2.56 bits per heavy atom. The number of nitrogens with zero attached hydrogens (tertiary/aromatic N) is 4. The summed E-state index contributed by atoms with van der Waals surface area (Å²) in [4.78, 5) is 13.3. The van der Waals surface area contributed by atoms with E-state index < -0.39 is 0 Å². The molecule has 128 valence electrons. The average molecular weight is 483 g/mol. The molecule has 25 heavy (non-hydrogen) atoms. The Kier molecular flexibility index (Phi) is 5.87. The Labute approximate surface area is 165 Å². The van der Waals surface area contributed by atoms with E-state index >= 15 is 0 Å². The number of carbonyl (C=O) groups excluding carboxylic acids is 1. The number of amides is 1. The minimum Gasteiger partial charge on any atom is -0.325 e. The number of nitrogens with one attached hydrogen (secondary N) is 1. The molecule has 0 aliphatic carbocycles. The Balaban J connectivity index is 1.76. The highest BCUT2D eigenvalue weighted by molar-refractivity contribution is 9.10. The molecule has 0 unspecified atom stereocenters. The molecule has 2 aromatic carbocycles. The second kappa shape index (κ2) is 8.11. The first-order valence-electron chi connectivity index (χ1n) is 7.25. The fourth-order valence-electron chi connectivity index (χ4n) is 2.08. The van der Waals surface area contributed by atoms with Crippen LogP contribution < -0.4 is 5.32 Å². The number of rotatable bonds is 5. The molecule has 0 radical (unpaired) electrons. The van der Waals surface area contributed by atoms with Crippen LogP contribution in [0, 0.1) is 0 Å². The number of carbonyl (C=O) groups is 1. The Bertz CT molecular complexity index is 898. The lowest BCUT2D eigenvalue weighted by Gasteiger charge is -2.11. The van der Waals surface area contributed by atoms with Crippen molar-refractivity contribution in [1.29, 1.82) is 0 Å². The maximum atomic E-state index is 12.4. The maximum absolute atomic E-state index is 12.4. The number of benzene rings is 2. The quantitative estimate of drug-likeness (QED) is 0.593. The summed E-state index contributed by atoms with van der Waals surface area (Å²) in [6.07, 6.45) is 0.301. The van der Waals surface area contributed by atoms with Crippen LogP contribution in [0.1, 0.15) is 5.56 Å². The fourth-order valence-corrected chi connectivity index (χ4v) is 3.50. The highest BCUT2D eigenvalue weighted by Crippen LogP contribution is 2.33. The van der Waals surface area contributed by atoms with E-state index in [0.717, 1.165) is 19.4 Å². The summed E-state index contributed by atoms with van der Waals surface area (Å²) >= 11 is 8.22.